The number of fused-ring (bicyclic) bond motifs is 1. The lowest BCUT2D eigenvalue weighted by Gasteiger charge is -2.24. The minimum atomic E-state index is -2.98. The third-order valence-electron chi connectivity index (χ3n) is 4.24. The molecule has 3 rings (SSSR count). The van der Waals surface area contributed by atoms with Gasteiger partial charge in [-0.25, -0.2) is 9.59 Å². The molecular formula is C20H18ClNO6. The van der Waals surface area contributed by atoms with Crippen LogP contribution in [0.15, 0.2) is 36.4 Å². The molecule has 1 unspecified atom stereocenters. The zero-order valence-electron chi connectivity index (χ0n) is 18.4. The van der Waals surface area contributed by atoms with Crippen LogP contribution in [0, 0.1) is 0 Å². The number of carboxylic acid groups (broad SMARTS) is 1. The standard InChI is InChI=1S/C20H18ClNO6/c1-10-7-12-14(21)9-13(17(23)16(12)20(27)28-10)18(24)22-15(19(25)26)8-11-5-3-2-4-6-11/h2-6,9-10,15,23H,7-8H2,1H3,(H,22,24)(H,25,26)/t10-,15?/m1/s1/i1D3,10D. The topological polar surface area (TPSA) is 113 Å². The average Bonchev–Trinajstić information content (AvgIpc) is 2.69. The van der Waals surface area contributed by atoms with Crippen LogP contribution in [0.2, 0.25) is 5.02 Å². The van der Waals surface area contributed by atoms with Crippen molar-refractivity contribution in [2.75, 3.05) is 0 Å². The molecule has 0 saturated carbocycles. The Kier molecular flexibility index (Phi) is 4.21. The summed E-state index contributed by atoms with van der Waals surface area (Å²) in [4.78, 5) is 36.8. The molecule has 8 heteroatoms. The second-order valence-electron chi connectivity index (χ2n) is 6.15. The van der Waals surface area contributed by atoms with E-state index >= 15 is 0 Å². The van der Waals surface area contributed by atoms with E-state index in [1.165, 1.54) is 0 Å². The van der Waals surface area contributed by atoms with E-state index in [1.807, 2.05) is 0 Å². The molecule has 0 aromatic heterocycles. The number of phenolic OH excluding ortho intramolecular Hbond substituents is 1. The highest BCUT2D eigenvalue weighted by Gasteiger charge is 2.33. The maximum absolute atomic E-state index is 12.7. The van der Waals surface area contributed by atoms with Crippen LogP contribution in [0.1, 0.15) is 44.2 Å². The van der Waals surface area contributed by atoms with Crippen molar-refractivity contribution < 1.29 is 34.8 Å². The van der Waals surface area contributed by atoms with Crippen molar-refractivity contribution in [1.82, 2.24) is 5.32 Å². The number of carboxylic acids is 1. The number of amides is 1. The molecule has 0 radical (unpaired) electrons. The first-order valence-corrected chi connectivity index (χ1v) is 8.57. The van der Waals surface area contributed by atoms with E-state index in [2.05, 4.69) is 5.32 Å². The number of esters is 1. The van der Waals surface area contributed by atoms with Gasteiger partial charge in [0.1, 0.15) is 23.4 Å². The molecule has 0 aliphatic carbocycles. The molecule has 0 saturated heterocycles. The van der Waals surface area contributed by atoms with Crippen LogP contribution in [0.25, 0.3) is 0 Å². The molecule has 1 aliphatic rings. The number of aliphatic carboxylic acids is 1. The first kappa shape index (κ1) is 14.9. The van der Waals surface area contributed by atoms with Crippen molar-refractivity contribution in [2.24, 2.45) is 0 Å². The predicted octanol–water partition coefficient (Wildman–Crippen LogP) is 2.57. The number of halogens is 1. The zero-order chi connectivity index (χ0) is 23.8. The van der Waals surface area contributed by atoms with Gasteiger partial charge in [0, 0.05) is 22.0 Å². The summed E-state index contributed by atoms with van der Waals surface area (Å²) in [6.45, 7) is -2.98. The predicted molar refractivity (Wildman–Crippen MR) is 101 cm³/mol. The summed E-state index contributed by atoms with van der Waals surface area (Å²) >= 11 is 6.15. The van der Waals surface area contributed by atoms with E-state index in [1.54, 1.807) is 30.3 Å². The summed E-state index contributed by atoms with van der Waals surface area (Å²) in [6, 6.07) is 8.19. The van der Waals surface area contributed by atoms with Crippen molar-refractivity contribution in [2.45, 2.75) is 31.8 Å². The lowest BCUT2D eigenvalue weighted by atomic mass is 9.95. The minimum absolute atomic E-state index is 0.0384. The van der Waals surface area contributed by atoms with Gasteiger partial charge < -0.3 is 20.3 Å². The smallest absolute Gasteiger partial charge is 0.342 e. The highest BCUT2D eigenvalue weighted by atomic mass is 35.5. The van der Waals surface area contributed by atoms with Crippen LogP contribution >= 0.6 is 11.6 Å². The minimum Gasteiger partial charge on any atom is -0.506 e. The Morgan fingerprint density at radius 2 is 2.14 bits per heavy atom. The summed E-state index contributed by atoms with van der Waals surface area (Å²) < 4.78 is 35.1. The number of aromatic hydroxyl groups is 1. The molecule has 2 aromatic carbocycles. The molecule has 2 aromatic rings. The molecule has 1 heterocycles. The van der Waals surface area contributed by atoms with Crippen molar-refractivity contribution in [3.63, 3.8) is 0 Å². The number of hydrogen-bond acceptors (Lipinski definition) is 5. The largest absolute Gasteiger partial charge is 0.506 e. The van der Waals surface area contributed by atoms with Gasteiger partial charge >= 0.3 is 11.9 Å². The monoisotopic (exact) mass is 407 g/mol. The van der Waals surface area contributed by atoms with E-state index in [0.717, 1.165) is 6.07 Å². The number of carbonyl (C=O) groups excluding carboxylic acids is 2. The summed E-state index contributed by atoms with van der Waals surface area (Å²) in [5.74, 6) is -4.50. The fourth-order valence-electron chi connectivity index (χ4n) is 2.89. The molecule has 0 fully saturated rings. The molecule has 0 spiro atoms. The van der Waals surface area contributed by atoms with E-state index < -0.39 is 60.1 Å². The number of phenols is 1. The van der Waals surface area contributed by atoms with Crippen LogP contribution in [0.3, 0.4) is 0 Å². The highest BCUT2D eigenvalue weighted by molar-refractivity contribution is 6.32. The molecule has 2 atom stereocenters. The van der Waals surface area contributed by atoms with Gasteiger partial charge in [-0.2, -0.15) is 0 Å². The Bertz CT molecular complexity index is 1090. The van der Waals surface area contributed by atoms with Crippen molar-refractivity contribution in [3.8, 4) is 5.75 Å². The number of hydrogen-bond donors (Lipinski definition) is 3. The number of benzene rings is 2. The number of ether oxygens (including phenoxy) is 1. The molecule has 1 amide bonds. The van der Waals surface area contributed by atoms with Gasteiger partial charge in [0.05, 0.1) is 6.93 Å². The zero-order valence-corrected chi connectivity index (χ0v) is 15.1. The van der Waals surface area contributed by atoms with Gasteiger partial charge in [0.2, 0.25) is 0 Å². The van der Waals surface area contributed by atoms with E-state index in [9.17, 15) is 24.6 Å². The Morgan fingerprint density at radius 1 is 1.43 bits per heavy atom. The van der Waals surface area contributed by atoms with E-state index in [-0.39, 0.29) is 17.0 Å². The molecule has 7 nitrogen and oxygen atoms in total. The van der Waals surface area contributed by atoms with Gasteiger partial charge in [0.15, 0.2) is 0 Å². The fourth-order valence-corrected chi connectivity index (χ4v) is 3.16. The molecular weight excluding hydrogens is 386 g/mol. The Balaban J connectivity index is 1.94. The number of carbonyl (C=O) groups is 3. The third kappa shape index (κ3) is 3.94. The van der Waals surface area contributed by atoms with Crippen molar-refractivity contribution in [1.29, 1.82) is 0 Å². The second kappa shape index (κ2) is 7.90. The lowest BCUT2D eigenvalue weighted by Crippen LogP contribution is -2.42. The first-order chi connectivity index (χ1) is 14.8. The Hall–Kier alpha value is -3.06. The SMILES string of the molecule is [2H]C([2H])([2H])[C@]1([2H])Cc2c(Cl)cc(C(=O)NC(Cc3ccccc3)C(=O)O)c(O)c2C(=O)O1. The molecule has 3 N–H and O–H groups in total. The number of cyclic esters (lactones) is 1. The number of nitrogens with one attached hydrogen (secondary N) is 1. The van der Waals surface area contributed by atoms with Crippen LogP contribution in [0.4, 0.5) is 0 Å². The van der Waals surface area contributed by atoms with Gasteiger partial charge in [-0.05, 0) is 24.0 Å². The lowest BCUT2D eigenvalue weighted by molar-refractivity contribution is -0.139. The van der Waals surface area contributed by atoms with Crippen LogP contribution in [0.5, 0.6) is 5.75 Å². The third-order valence-corrected chi connectivity index (χ3v) is 4.58. The quantitative estimate of drug-likeness (QED) is 0.656. The molecule has 28 heavy (non-hydrogen) atoms. The van der Waals surface area contributed by atoms with Crippen molar-refractivity contribution >= 4 is 29.4 Å². The van der Waals surface area contributed by atoms with E-state index in [4.69, 9.17) is 21.8 Å². The average molecular weight is 408 g/mol. The Labute approximate surface area is 171 Å². The summed E-state index contributed by atoms with van der Waals surface area (Å²) in [5, 5.41) is 22.1. The summed E-state index contributed by atoms with van der Waals surface area (Å²) in [7, 11) is 0. The normalized spacial score (nSPS) is 21.8. The van der Waals surface area contributed by atoms with Crippen molar-refractivity contribution in [3.05, 3.63) is 63.7 Å². The maximum Gasteiger partial charge on any atom is 0.342 e. The molecule has 1 aliphatic heterocycles. The second-order valence-corrected chi connectivity index (χ2v) is 6.56. The molecule has 0 bridgehead atoms. The fraction of sp³-hybridized carbons (Fsp3) is 0.250. The van der Waals surface area contributed by atoms with Gasteiger partial charge in [-0.15, -0.1) is 0 Å². The van der Waals surface area contributed by atoms with Crippen LogP contribution in [-0.2, 0) is 22.4 Å². The van der Waals surface area contributed by atoms with Gasteiger partial charge in [-0.1, -0.05) is 41.9 Å². The van der Waals surface area contributed by atoms with Gasteiger partial charge in [0.25, 0.3) is 5.91 Å². The van der Waals surface area contributed by atoms with E-state index in [0.29, 0.717) is 5.56 Å². The highest BCUT2D eigenvalue weighted by Crippen LogP contribution is 2.36. The maximum atomic E-state index is 12.7. The first-order valence-electron chi connectivity index (χ1n) is 10.2. The Morgan fingerprint density at radius 3 is 2.79 bits per heavy atom. The van der Waals surface area contributed by atoms with Crippen LogP contribution in [-0.4, -0.2) is 40.2 Å². The number of rotatable bonds is 5. The van der Waals surface area contributed by atoms with Gasteiger partial charge in [-0.3, -0.25) is 4.79 Å². The van der Waals surface area contributed by atoms with Crippen LogP contribution < -0.4 is 5.32 Å². The molecule has 146 valence electrons. The summed E-state index contributed by atoms with van der Waals surface area (Å²) in [6.07, 6.45) is -3.28. The summed E-state index contributed by atoms with van der Waals surface area (Å²) in [5.41, 5.74) is -0.531.